The molecule has 0 aliphatic carbocycles. The second-order valence-electron chi connectivity index (χ2n) is 10.9. The molecule has 0 aliphatic heterocycles. The van der Waals surface area contributed by atoms with Gasteiger partial charge in [-0.15, -0.1) is 0 Å². The van der Waals surface area contributed by atoms with Crippen molar-refractivity contribution in [2.45, 2.75) is 194 Å². The predicted molar refractivity (Wildman–Crippen MR) is 164 cm³/mol. The zero-order valence-corrected chi connectivity index (χ0v) is 25.9. The molecule has 2 heteroatoms. The highest BCUT2D eigenvalue weighted by molar-refractivity contribution is 8.11. The van der Waals surface area contributed by atoms with Gasteiger partial charge >= 0.3 is 0 Å². The molecular formula is C32H66P2. The van der Waals surface area contributed by atoms with Crippen molar-refractivity contribution in [2.75, 3.05) is 12.3 Å². The highest BCUT2D eigenvalue weighted by Gasteiger charge is 1.97. The average Bonchev–Trinajstić information content (AvgIpc) is 2.85. The van der Waals surface area contributed by atoms with Gasteiger partial charge in [0.1, 0.15) is 0 Å². The SMILES string of the molecule is CCCCCCCCCCCCCCCC[P][P]CCCCCCCCCCCCCCCC. The highest BCUT2D eigenvalue weighted by atomic mass is 32.0. The van der Waals surface area contributed by atoms with Crippen LogP contribution >= 0.6 is 16.5 Å². The Hall–Kier alpha value is 0.860. The minimum Gasteiger partial charge on any atom is -0.0654 e. The summed E-state index contributed by atoms with van der Waals surface area (Å²) in [4.78, 5) is 0. The Morgan fingerprint density at radius 2 is 0.412 bits per heavy atom. The second-order valence-corrected chi connectivity index (χ2v) is 14.1. The van der Waals surface area contributed by atoms with Gasteiger partial charge in [-0.1, -0.05) is 181 Å². The van der Waals surface area contributed by atoms with Crippen LogP contribution in [0.25, 0.3) is 0 Å². The van der Waals surface area contributed by atoms with Gasteiger partial charge < -0.3 is 0 Å². The predicted octanol–water partition coefficient (Wildman–Crippen LogP) is 13.8. The van der Waals surface area contributed by atoms with E-state index in [1.54, 1.807) is 16.5 Å². The van der Waals surface area contributed by atoms with Crippen LogP contribution in [-0.4, -0.2) is 12.3 Å². The van der Waals surface area contributed by atoms with E-state index in [9.17, 15) is 0 Å². The molecule has 0 bridgehead atoms. The summed E-state index contributed by atoms with van der Waals surface area (Å²) in [6.45, 7) is 4.61. The van der Waals surface area contributed by atoms with Crippen LogP contribution in [-0.2, 0) is 0 Å². The second kappa shape index (κ2) is 33.9. The molecule has 0 aromatic heterocycles. The Bertz CT molecular complexity index is 299. The Balaban J connectivity index is 2.99. The lowest BCUT2D eigenvalue weighted by atomic mass is 10.0. The lowest BCUT2D eigenvalue weighted by Crippen LogP contribution is -1.84. The summed E-state index contributed by atoms with van der Waals surface area (Å²) < 4.78 is 0. The van der Waals surface area contributed by atoms with Crippen molar-refractivity contribution in [3.63, 3.8) is 0 Å². The third-order valence-corrected chi connectivity index (χ3v) is 10.4. The maximum atomic E-state index is 2.31. The Morgan fingerprint density at radius 1 is 0.235 bits per heavy atom. The van der Waals surface area contributed by atoms with Crippen LogP contribution in [0.5, 0.6) is 0 Å². The van der Waals surface area contributed by atoms with Crippen LogP contribution in [0, 0.1) is 0 Å². The van der Waals surface area contributed by atoms with Gasteiger partial charge in [0.25, 0.3) is 0 Å². The van der Waals surface area contributed by atoms with E-state index in [1.807, 2.05) is 0 Å². The van der Waals surface area contributed by atoms with Crippen LogP contribution in [0.3, 0.4) is 0 Å². The van der Waals surface area contributed by atoms with Crippen molar-refractivity contribution in [3.05, 3.63) is 0 Å². The van der Waals surface area contributed by atoms with Gasteiger partial charge in [0.05, 0.1) is 0 Å². The largest absolute Gasteiger partial charge is 0.0654 e. The Kier molecular flexibility index (Phi) is 34.7. The fourth-order valence-electron chi connectivity index (χ4n) is 4.90. The maximum absolute atomic E-state index is 2.31. The summed E-state index contributed by atoms with van der Waals surface area (Å²) in [7, 11) is 3.42. The first-order valence-electron chi connectivity index (χ1n) is 16.2. The van der Waals surface area contributed by atoms with Crippen LogP contribution in [0.4, 0.5) is 0 Å². The first kappa shape index (κ1) is 34.9. The molecule has 0 atom stereocenters. The molecule has 0 fully saturated rings. The molecule has 0 nitrogen and oxygen atoms in total. The van der Waals surface area contributed by atoms with Crippen LogP contribution in [0.1, 0.15) is 194 Å². The molecule has 0 aromatic carbocycles. The van der Waals surface area contributed by atoms with Gasteiger partial charge in [0.2, 0.25) is 0 Å². The van der Waals surface area contributed by atoms with Gasteiger partial charge in [0, 0.05) is 0 Å². The van der Waals surface area contributed by atoms with Crippen molar-refractivity contribution < 1.29 is 0 Å². The van der Waals surface area contributed by atoms with Gasteiger partial charge in [0.15, 0.2) is 0 Å². The molecule has 0 heterocycles. The van der Waals surface area contributed by atoms with E-state index in [0.29, 0.717) is 0 Å². The highest BCUT2D eigenvalue weighted by Crippen LogP contribution is 2.38. The molecular weight excluding hydrogens is 446 g/mol. The summed E-state index contributed by atoms with van der Waals surface area (Å²) in [5, 5.41) is 0. The number of unbranched alkanes of at least 4 members (excludes halogenated alkanes) is 26. The van der Waals surface area contributed by atoms with Crippen LogP contribution < -0.4 is 0 Å². The summed E-state index contributed by atoms with van der Waals surface area (Å²) >= 11 is 0. The molecule has 0 rings (SSSR count). The standard InChI is InChI=1S/C32H66P2/c1-3-5-7-9-11-13-15-17-19-21-23-25-27-29-31-33-34-32-30-28-26-24-22-20-18-16-14-12-10-8-6-4-2/h3-32H2,1-2H3. The first-order valence-corrected chi connectivity index (χ1v) is 19.1. The monoisotopic (exact) mass is 512 g/mol. The fraction of sp³-hybridized carbons (Fsp3) is 1.00. The summed E-state index contributed by atoms with van der Waals surface area (Å²) in [5.41, 5.74) is 0. The molecule has 0 saturated carbocycles. The van der Waals surface area contributed by atoms with E-state index in [0.717, 1.165) is 0 Å². The van der Waals surface area contributed by atoms with E-state index in [1.165, 1.54) is 192 Å². The van der Waals surface area contributed by atoms with Crippen LogP contribution in [0.15, 0.2) is 0 Å². The number of hydrogen-bond donors (Lipinski definition) is 0. The molecule has 0 N–H and O–H groups in total. The summed E-state index contributed by atoms with van der Waals surface area (Å²) in [5.74, 6) is 0. The van der Waals surface area contributed by atoms with E-state index in [2.05, 4.69) is 13.8 Å². The average molecular weight is 513 g/mol. The van der Waals surface area contributed by atoms with Crippen LogP contribution in [0.2, 0.25) is 0 Å². The van der Waals surface area contributed by atoms with Gasteiger partial charge in [-0.05, 0) is 41.7 Å². The van der Waals surface area contributed by atoms with Gasteiger partial charge in [-0.25, -0.2) is 0 Å². The number of hydrogen-bond acceptors (Lipinski definition) is 0. The third-order valence-electron chi connectivity index (χ3n) is 7.32. The van der Waals surface area contributed by atoms with E-state index < -0.39 is 0 Å². The lowest BCUT2D eigenvalue weighted by molar-refractivity contribution is 0.538. The first-order chi connectivity index (χ1) is 16.9. The van der Waals surface area contributed by atoms with Crippen molar-refractivity contribution in [3.8, 4) is 0 Å². The number of rotatable bonds is 31. The van der Waals surface area contributed by atoms with Crippen molar-refractivity contribution in [1.29, 1.82) is 0 Å². The Labute approximate surface area is 222 Å². The van der Waals surface area contributed by atoms with Gasteiger partial charge in [-0.3, -0.25) is 0 Å². The minimum atomic E-state index is 1.37. The van der Waals surface area contributed by atoms with E-state index in [-0.39, 0.29) is 0 Å². The molecule has 0 saturated heterocycles. The van der Waals surface area contributed by atoms with Gasteiger partial charge in [-0.2, -0.15) is 0 Å². The van der Waals surface area contributed by atoms with E-state index >= 15 is 0 Å². The minimum absolute atomic E-state index is 1.37. The summed E-state index contributed by atoms with van der Waals surface area (Å²) in [6.07, 6.45) is 44.2. The zero-order valence-electron chi connectivity index (χ0n) is 24.1. The van der Waals surface area contributed by atoms with Crippen molar-refractivity contribution in [1.82, 2.24) is 0 Å². The molecule has 0 spiro atoms. The normalized spacial score (nSPS) is 12.2. The van der Waals surface area contributed by atoms with Crippen molar-refractivity contribution >= 4 is 16.5 Å². The zero-order chi connectivity index (χ0) is 24.6. The molecule has 0 aliphatic rings. The lowest BCUT2D eigenvalue weighted by Gasteiger charge is -2.04. The molecule has 0 aromatic rings. The fourth-order valence-corrected chi connectivity index (χ4v) is 7.61. The molecule has 0 unspecified atom stereocenters. The third kappa shape index (κ3) is 32.9. The molecule has 2 radical (unpaired) electrons. The molecule has 0 amide bonds. The smallest absolute Gasteiger partial charge is 0.0242 e. The Morgan fingerprint density at radius 3 is 0.618 bits per heavy atom. The van der Waals surface area contributed by atoms with E-state index in [4.69, 9.17) is 0 Å². The topological polar surface area (TPSA) is 0 Å². The quantitative estimate of drug-likeness (QED) is 0.0640. The maximum Gasteiger partial charge on any atom is -0.0242 e. The molecule has 204 valence electrons. The summed E-state index contributed by atoms with van der Waals surface area (Å²) in [6, 6.07) is 0. The van der Waals surface area contributed by atoms with Crippen molar-refractivity contribution in [2.24, 2.45) is 0 Å². The molecule has 34 heavy (non-hydrogen) atoms.